The first-order valence-corrected chi connectivity index (χ1v) is 6.71. The highest BCUT2D eigenvalue weighted by molar-refractivity contribution is 5.76. The van der Waals surface area contributed by atoms with Crippen LogP contribution in [0.1, 0.15) is 26.7 Å². The zero-order valence-electron chi connectivity index (χ0n) is 12.0. The minimum atomic E-state index is -0.260. The number of rotatable bonds is 6. The molecule has 0 bridgehead atoms. The van der Waals surface area contributed by atoms with Crippen LogP contribution in [0.15, 0.2) is 0 Å². The molecule has 19 heavy (non-hydrogen) atoms. The number of carbonyl (C=O) groups is 2. The summed E-state index contributed by atoms with van der Waals surface area (Å²) in [6.07, 6.45) is 0.614. The van der Waals surface area contributed by atoms with Crippen molar-refractivity contribution in [1.29, 1.82) is 0 Å². The molecule has 110 valence electrons. The Morgan fingerprint density at radius 2 is 2.21 bits per heavy atom. The lowest BCUT2D eigenvalue weighted by atomic mass is 10.2. The Kier molecular flexibility index (Phi) is 6.80. The van der Waals surface area contributed by atoms with Crippen LogP contribution in [0.25, 0.3) is 0 Å². The molecule has 1 heterocycles. The van der Waals surface area contributed by atoms with E-state index in [-0.39, 0.29) is 30.4 Å². The number of amides is 1. The summed E-state index contributed by atoms with van der Waals surface area (Å²) in [4.78, 5) is 24.9. The van der Waals surface area contributed by atoms with E-state index < -0.39 is 0 Å². The molecule has 1 aliphatic rings. The second-order valence-corrected chi connectivity index (χ2v) is 5.05. The van der Waals surface area contributed by atoms with Gasteiger partial charge in [-0.25, -0.2) is 0 Å². The van der Waals surface area contributed by atoms with Crippen molar-refractivity contribution in [2.24, 2.45) is 0 Å². The van der Waals surface area contributed by atoms with Crippen LogP contribution in [-0.4, -0.2) is 62.3 Å². The lowest BCUT2D eigenvalue weighted by molar-refractivity contribution is -0.145. The van der Waals surface area contributed by atoms with Crippen molar-refractivity contribution in [1.82, 2.24) is 10.2 Å². The average molecular weight is 272 g/mol. The third-order valence-corrected chi connectivity index (χ3v) is 2.95. The van der Waals surface area contributed by atoms with Gasteiger partial charge in [-0.15, -0.1) is 0 Å². The van der Waals surface area contributed by atoms with Crippen LogP contribution < -0.4 is 5.32 Å². The van der Waals surface area contributed by atoms with Gasteiger partial charge in [0.25, 0.3) is 0 Å². The van der Waals surface area contributed by atoms with E-state index in [1.807, 2.05) is 13.8 Å². The molecule has 0 aromatic carbocycles. The summed E-state index contributed by atoms with van der Waals surface area (Å²) >= 11 is 0. The highest BCUT2D eigenvalue weighted by Gasteiger charge is 2.23. The number of carbonyl (C=O) groups excluding carboxylic acids is 2. The van der Waals surface area contributed by atoms with E-state index in [4.69, 9.17) is 4.74 Å². The van der Waals surface area contributed by atoms with Gasteiger partial charge < -0.3 is 14.8 Å². The summed E-state index contributed by atoms with van der Waals surface area (Å²) in [6, 6.07) is 0.171. The first-order chi connectivity index (χ1) is 9.01. The van der Waals surface area contributed by atoms with E-state index in [9.17, 15) is 9.59 Å². The van der Waals surface area contributed by atoms with Crippen molar-refractivity contribution in [2.45, 2.75) is 38.8 Å². The predicted octanol–water partition coefficient (Wildman–Crippen LogP) is 0.165. The molecule has 0 spiro atoms. The van der Waals surface area contributed by atoms with Gasteiger partial charge in [-0.05, 0) is 13.8 Å². The molecular weight excluding hydrogens is 248 g/mol. The van der Waals surface area contributed by atoms with Crippen LogP contribution in [0, 0.1) is 0 Å². The molecule has 1 unspecified atom stereocenters. The number of nitrogens with zero attached hydrogens (tertiary/aromatic N) is 1. The fourth-order valence-electron chi connectivity index (χ4n) is 2.03. The summed E-state index contributed by atoms with van der Waals surface area (Å²) in [5, 5.41) is 2.86. The topological polar surface area (TPSA) is 67.9 Å². The Labute approximate surface area is 114 Å². The van der Waals surface area contributed by atoms with Gasteiger partial charge in [-0.1, -0.05) is 0 Å². The first kappa shape index (κ1) is 15.9. The van der Waals surface area contributed by atoms with Crippen molar-refractivity contribution < 1.29 is 19.1 Å². The van der Waals surface area contributed by atoms with Gasteiger partial charge in [0.1, 0.15) is 0 Å². The molecular formula is C13H24N2O4. The van der Waals surface area contributed by atoms with Crippen molar-refractivity contribution in [3.8, 4) is 0 Å². The Morgan fingerprint density at radius 3 is 2.84 bits per heavy atom. The van der Waals surface area contributed by atoms with Gasteiger partial charge in [0.05, 0.1) is 26.2 Å². The maximum absolute atomic E-state index is 11.6. The molecule has 0 aliphatic carbocycles. The fourth-order valence-corrected chi connectivity index (χ4v) is 2.03. The molecule has 6 heteroatoms. The summed E-state index contributed by atoms with van der Waals surface area (Å²) < 4.78 is 10.1. The van der Waals surface area contributed by atoms with Crippen LogP contribution in [0.2, 0.25) is 0 Å². The van der Waals surface area contributed by atoms with Crippen LogP contribution in [0.4, 0.5) is 0 Å². The molecule has 1 amide bonds. The number of hydrogen-bond acceptors (Lipinski definition) is 5. The minimum absolute atomic E-state index is 0.0611. The maximum atomic E-state index is 11.6. The number of morpholine rings is 1. The van der Waals surface area contributed by atoms with Gasteiger partial charge in [0.15, 0.2) is 0 Å². The second kappa shape index (κ2) is 8.12. The van der Waals surface area contributed by atoms with E-state index in [0.29, 0.717) is 26.1 Å². The zero-order valence-corrected chi connectivity index (χ0v) is 12.0. The van der Waals surface area contributed by atoms with E-state index >= 15 is 0 Å². The molecule has 1 rings (SSSR count). The Morgan fingerprint density at radius 1 is 1.47 bits per heavy atom. The summed E-state index contributed by atoms with van der Waals surface area (Å²) in [5.74, 6) is -0.199. The number of nitrogens with one attached hydrogen (secondary N) is 1. The second-order valence-electron chi connectivity index (χ2n) is 5.05. The van der Waals surface area contributed by atoms with Gasteiger partial charge in [0.2, 0.25) is 5.91 Å². The monoisotopic (exact) mass is 272 g/mol. The molecule has 6 nitrogen and oxygen atoms in total. The van der Waals surface area contributed by atoms with Crippen LogP contribution in [0.3, 0.4) is 0 Å². The van der Waals surface area contributed by atoms with Gasteiger partial charge in [0, 0.05) is 32.1 Å². The van der Waals surface area contributed by atoms with Gasteiger partial charge in [-0.2, -0.15) is 0 Å². The molecule has 1 atom stereocenters. The third kappa shape index (κ3) is 6.54. The van der Waals surface area contributed by atoms with E-state index in [1.165, 1.54) is 7.11 Å². The molecule has 0 aromatic heterocycles. The van der Waals surface area contributed by atoms with Gasteiger partial charge >= 0.3 is 5.97 Å². The molecule has 1 aliphatic heterocycles. The largest absolute Gasteiger partial charge is 0.469 e. The smallest absolute Gasteiger partial charge is 0.308 e. The number of hydrogen-bond donors (Lipinski definition) is 1. The standard InChI is InChI=1S/C13H24N2O4/c1-10(2)14-12(16)4-5-15-6-7-19-11(9-15)8-13(17)18-3/h10-11H,4-9H2,1-3H3,(H,14,16). The van der Waals surface area contributed by atoms with E-state index in [0.717, 1.165) is 6.54 Å². The lowest BCUT2D eigenvalue weighted by Crippen LogP contribution is -2.44. The van der Waals surface area contributed by atoms with Crippen LogP contribution in [0.5, 0.6) is 0 Å². The van der Waals surface area contributed by atoms with Crippen molar-refractivity contribution in [3.05, 3.63) is 0 Å². The zero-order chi connectivity index (χ0) is 14.3. The maximum Gasteiger partial charge on any atom is 0.308 e. The highest BCUT2D eigenvalue weighted by Crippen LogP contribution is 2.09. The SMILES string of the molecule is COC(=O)CC1CN(CCC(=O)NC(C)C)CCO1. The van der Waals surface area contributed by atoms with Crippen molar-refractivity contribution in [2.75, 3.05) is 33.4 Å². The Hall–Kier alpha value is -1.14. The molecule has 0 aromatic rings. The summed E-state index contributed by atoms with van der Waals surface area (Å²) in [5.41, 5.74) is 0. The van der Waals surface area contributed by atoms with E-state index in [1.54, 1.807) is 0 Å². The summed E-state index contributed by atoms with van der Waals surface area (Å²) in [6.45, 7) is 6.64. The molecule has 1 saturated heterocycles. The number of methoxy groups -OCH3 is 1. The quantitative estimate of drug-likeness (QED) is 0.698. The van der Waals surface area contributed by atoms with Crippen molar-refractivity contribution in [3.63, 3.8) is 0 Å². The first-order valence-electron chi connectivity index (χ1n) is 6.71. The average Bonchev–Trinajstić information content (AvgIpc) is 2.36. The van der Waals surface area contributed by atoms with Crippen LogP contribution in [-0.2, 0) is 19.1 Å². The fraction of sp³-hybridized carbons (Fsp3) is 0.846. The molecule has 0 radical (unpaired) electrons. The molecule has 1 fully saturated rings. The molecule has 1 N–H and O–H groups in total. The minimum Gasteiger partial charge on any atom is -0.469 e. The lowest BCUT2D eigenvalue weighted by Gasteiger charge is -2.32. The summed E-state index contributed by atoms with van der Waals surface area (Å²) in [7, 11) is 1.37. The Bertz CT molecular complexity index is 307. The normalized spacial score (nSPS) is 20.3. The number of ether oxygens (including phenoxy) is 2. The third-order valence-electron chi connectivity index (χ3n) is 2.95. The predicted molar refractivity (Wildman–Crippen MR) is 70.7 cm³/mol. The Balaban J connectivity index is 2.27. The van der Waals surface area contributed by atoms with E-state index in [2.05, 4.69) is 15.0 Å². The van der Waals surface area contributed by atoms with Crippen molar-refractivity contribution >= 4 is 11.9 Å². The van der Waals surface area contributed by atoms with Gasteiger partial charge in [-0.3, -0.25) is 14.5 Å². The highest BCUT2D eigenvalue weighted by atomic mass is 16.5. The van der Waals surface area contributed by atoms with Crippen LogP contribution >= 0.6 is 0 Å². The number of esters is 1. The molecule has 0 saturated carbocycles.